The van der Waals surface area contributed by atoms with Crippen LogP contribution in [0, 0.1) is 0 Å². The molecule has 1 atom stereocenters. The maximum absolute atomic E-state index is 12.6. The van der Waals surface area contributed by atoms with Gasteiger partial charge in [-0.05, 0) is 42.2 Å². The Morgan fingerprint density at radius 1 is 1.04 bits per heavy atom. The number of amides is 1. The van der Waals surface area contributed by atoms with E-state index in [1.54, 1.807) is 42.5 Å². The Bertz CT molecular complexity index is 979. The summed E-state index contributed by atoms with van der Waals surface area (Å²) in [4.78, 5) is 12.5. The first kappa shape index (κ1) is 20.2. The second-order valence-electron chi connectivity index (χ2n) is 7.67. The molecule has 0 aliphatic carbocycles. The van der Waals surface area contributed by atoms with Crippen LogP contribution in [-0.4, -0.2) is 27.2 Å². The molecule has 28 heavy (non-hydrogen) atoms. The Labute approximate surface area is 165 Å². The van der Waals surface area contributed by atoms with Gasteiger partial charge in [0.2, 0.25) is 22.7 Å². The van der Waals surface area contributed by atoms with Gasteiger partial charge in [0.25, 0.3) is 0 Å². The molecule has 0 radical (unpaired) electrons. The van der Waals surface area contributed by atoms with Crippen LogP contribution in [0.4, 0.5) is 5.69 Å². The summed E-state index contributed by atoms with van der Waals surface area (Å²) in [6.45, 7) is 7.78. The number of rotatable bonds is 5. The Morgan fingerprint density at radius 3 is 2.32 bits per heavy atom. The lowest BCUT2D eigenvalue weighted by molar-refractivity contribution is -0.117. The van der Waals surface area contributed by atoms with E-state index < -0.39 is 22.0 Å². The molecule has 8 heteroatoms. The molecule has 7 nitrogen and oxygen atoms in total. The largest absolute Gasteiger partial charge is 0.454 e. The standard InChI is InChI=1S/C20H24N2O5S/c1-13(19(23)21-15-7-10-17-18(11-15)27-12-26-17)22-28(24,25)16-8-5-14(6-9-16)20(2,3)4/h5-11,13,22H,12H2,1-4H3,(H,21,23)/t13-/m0/s1. The number of benzene rings is 2. The Balaban J connectivity index is 1.67. The van der Waals surface area contributed by atoms with Crippen molar-refractivity contribution >= 4 is 21.6 Å². The quantitative estimate of drug-likeness (QED) is 0.799. The number of carbonyl (C=O) groups is 1. The second-order valence-corrected chi connectivity index (χ2v) is 9.39. The van der Waals surface area contributed by atoms with Crippen molar-refractivity contribution in [2.24, 2.45) is 0 Å². The highest BCUT2D eigenvalue weighted by Crippen LogP contribution is 2.34. The van der Waals surface area contributed by atoms with Crippen molar-refractivity contribution in [3.05, 3.63) is 48.0 Å². The molecule has 0 saturated carbocycles. The van der Waals surface area contributed by atoms with E-state index in [1.165, 1.54) is 6.92 Å². The van der Waals surface area contributed by atoms with E-state index in [0.29, 0.717) is 17.2 Å². The molecule has 0 spiro atoms. The fourth-order valence-electron chi connectivity index (χ4n) is 2.71. The summed E-state index contributed by atoms with van der Waals surface area (Å²) in [6, 6.07) is 10.7. The maximum Gasteiger partial charge on any atom is 0.242 e. The second kappa shape index (κ2) is 7.44. The van der Waals surface area contributed by atoms with Gasteiger partial charge in [0.1, 0.15) is 0 Å². The molecular formula is C20H24N2O5S. The van der Waals surface area contributed by atoms with Crippen LogP contribution in [0.3, 0.4) is 0 Å². The average molecular weight is 404 g/mol. The van der Waals surface area contributed by atoms with Gasteiger partial charge in [0.15, 0.2) is 11.5 Å². The summed E-state index contributed by atoms with van der Waals surface area (Å²) in [5, 5.41) is 2.67. The van der Waals surface area contributed by atoms with Gasteiger partial charge in [0.05, 0.1) is 10.9 Å². The SMILES string of the molecule is C[C@H](NS(=O)(=O)c1ccc(C(C)(C)C)cc1)C(=O)Nc1ccc2c(c1)OCO2. The summed E-state index contributed by atoms with van der Waals surface area (Å²) in [5.74, 6) is 0.657. The third kappa shape index (κ3) is 4.45. The number of fused-ring (bicyclic) bond motifs is 1. The lowest BCUT2D eigenvalue weighted by Crippen LogP contribution is -2.41. The zero-order valence-electron chi connectivity index (χ0n) is 16.3. The molecule has 0 aromatic heterocycles. The van der Waals surface area contributed by atoms with Gasteiger partial charge in [-0.2, -0.15) is 4.72 Å². The molecule has 2 aromatic rings. The molecule has 1 amide bonds. The Hall–Kier alpha value is -2.58. The zero-order valence-corrected chi connectivity index (χ0v) is 17.1. The molecule has 2 aromatic carbocycles. The maximum atomic E-state index is 12.6. The molecule has 1 aliphatic rings. The van der Waals surface area contributed by atoms with Crippen molar-refractivity contribution in [3.63, 3.8) is 0 Å². The number of nitrogens with one attached hydrogen (secondary N) is 2. The summed E-state index contributed by atoms with van der Waals surface area (Å²) in [6.07, 6.45) is 0. The molecule has 0 bridgehead atoms. The summed E-state index contributed by atoms with van der Waals surface area (Å²) < 4.78 is 38.1. The molecule has 1 aliphatic heterocycles. The van der Waals surface area contributed by atoms with Gasteiger partial charge in [-0.25, -0.2) is 8.42 Å². The van der Waals surface area contributed by atoms with E-state index in [-0.39, 0.29) is 17.1 Å². The van der Waals surface area contributed by atoms with Crippen LogP contribution in [-0.2, 0) is 20.2 Å². The van der Waals surface area contributed by atoms with Crippen molar-refractivity contribution < 1.29 is 22.7 Å². The van der Waals surface area contributed by atoms with Crippen molar-refractivity contribution in [2.75, 3.05) is 12.1 Å². The summed E-state index contributed by atoms with van der Waals surface area (Å²) in [7, 11) is -3.82. The fraction of sp³-hybridized carbons (Fsp3) is 0.350. The first-order valence-corrected chi connectivity index (χ1v) is 10.4. The number of carbonyl (C=O) groups excluding carboxylic acids is 1. The van der Waals surface area contributed by atoms with Crippen LogP contribution in [0.15, 0.2) is 47.4 Å². The van der Waals surface area contributed by atoms with Crippen LogP contribution < -0.4 is 19.5 Å². The number of hydrogen-bond acceptors (Lipinski definition) is 5. The number of sulfonamides is 1. The van der Waals surface area contributed by atoms with Gasteiger partial charge in [0, 0.05) is 11.8 Å². The van der Waals surface area contributed by atoms with E-state index >= 15 is 0 Å². The van der Waals surface area contributed by atoms with Crippen molar-refractivity contribution in [3.8, 4) is 11.5 Å². The van der Waals surface area contributed by atoms with Gasteiger partial charge >= 0.3 is 0 Å². The topological polar surface area (TPSA) is 93.7 Å². The molecule has 150 valence electrons. The van der Waals surface area contributed by atoms with Crippen LogP contribution in [0.2, 0.25) is 0 Å². The highest BCUT2D eigenvalue weighted by atomic mass is 32.2. The molecule has 2 N–H and O–H groups in total. The van der Waals surface area contributed by atoms with Crippen molar-refractivity contribution in [2.45, 2.75) is 44.0 Å². The highest BCUT2D eigenvalue weighted by molar-refractivity contribution is 7.89. The Morgan fingerprint density at radius 2 is 1.68 bits per heavy atom. The van der Waals surface area contributed by atoms with Crippen molar-refractivity contribution in [1.29, 1.82) is 0 Å². The van der Waals surface area contributed by atoms with E-state index in [4.69, 9.17) is 9.47 Å². The predicted molar refractivity (Wildman–Crippen MR) is 106 cm³/mol. The van der Waals surface area contributed by atoms with Crippen LogP contribution in [0.5, 0.6) is 11.5 Å². The number of hydrogen-bond donors (Lipinski definition) is 2. The minimum atomic E-state index is -3.82. The van der Waals surface area contributed by atoms with E-state index in [0.717, 1.165) is 5.56 Å². The Kier molecular flexibility index (Phi) is 5.36. The van der Waals surface area contributed by atoms with Crippen LogP contribution in [0.25, 0.3) is 0 Å². The van der Waals surface area contributed by atoms with Crippen LogP contribution >= 0.6 is 0 Å². The van der Waals surface area contributed by atoms with Gasteiger partial charge < -0.3 is 14.8 Å². The highest BCUT2D eigenvalue weighted by Gasteiger charge is 2.23. The normalized spacial score (nSPS) is 14.6. The van der Waals surface area contributed by atoms with E-state index in [9.17, 15) is 13.2 Å². The predicted octanol–water partition coefficient (Wildman–Crippen LogP) is 3.02. The lowest BCUT2D eigenvalue weighted by atomic mass is 9.87. The van der Waals surface area contributed by atoms with Gasteiger partial charge in [-0.1, -0.05) is 32.9 Å². The zero-order chi connectivity index (χ0) is 20.5. The molecular weight excluding hydrogens is 380 g/mol. The monoisotopic (exact) mass is 404 g/mol. The van der Waals surface area contributed by atoms with Gasteiger partial charge in [-0.15, -0.1) is 0 Å². The lowest BCUT2D eigenvalue weighted by Gasteiger charge is -2.19. The third-order valence-corrected chi connectivity index (χ3v) is 5.95. The molecule has 0 fully saturated rings. The molecule has 1 heterocycles. The smallest absolute Gasteiger partial charge is 0.242 e. The summed E-state index contributed by atoms with van der Waals surface area (Å²) in [5.41, 5.74) is 1.45. The first-order chi connectivity index (χ1) is 13.1. The fourth-order valence-corrected chi connectivity index (χ4v) is 3.92. The average Bonchev–Trinajstić information content (AvgIpc) is 3.08. The molecule has 0 unspecified atom stereocenters. The number of ether oxygens (including phenoxy) is 2. The third-order valence-electron chi connectivity index (χ3n) is 4.40. The van der Waals surface area contributed by atoms with Crippen molar-refractivity contribution in [1.82, 2.24) is 4.72 Å². The van der Waals surface area contributed by atoms with Crippen LogP contribution in [0.1, 0.15) is 33.3 Å². The van der Waals surface area contributed by atoms with E-state index in [1.807, 2.05) is 0 Å². The molecule has 0 saturated heterocycles. The molecule has 3 rings (SSSR count). The number of anilines is 1. The summed E-state index contributed by atoms with van der Waals surface area (Å²) >= 11 is 0. The minimum absolute atomic E-state index is 0.0759. The minimum Gasteiger partial charge on any atom is -0.454 e. The van der Waals surface area contributed by atoms with Gasteiger partial charge in [-0.3, -0.25) is 4.79 Å². The van der Waals surface area contributed by atoms with E-state index in [2.05, 4.69) is 30.8 Å². The first-order valence-electron chi connectivity index (χ1n) is 8.90.